The van der Waals surface area contributed by atoms with E-state index >= 15 is 0 Å². The average Bonchev–Trinajstić information content (AvgIpc) is 2.77. The van der Waals surface area contributed by atoms with Crippen LogP contribution in [-0.4, -0.2) is 28.1 Å². The van der Waals surface area contributed by atoms with Crippen molar-refractivity contribution in [3.63, 3.8) is 0 Å². The van der Waals surface area contributed by atoms with Gasteiger partial charge in [-0.3, -0.25) is 4.79 Å². The molecule has 1 aromatic heterocycles. The van der Waals surface area contributed by atoms with Gasteiger partial charge in [0, 0.05) is 6.20 Å². The third-order valence-corrected chi connectivity index (χ3v) is 2.33. The van der Waals surface area contributed by atoms with Crippen molar-refractivity contribution in [2.75, 3.05) is 7.11 Å². The minimum absolute atomic E-state index is 0.158. The number of hydrogen-bond donors (Lipinski definition) is 0. The van der Waals surface area contributed by atoms with Gasteiger partial charge in [0.2, 0.25) is 0 Å². The number of carbonyl (C=O) groups excluding carboxylic acids is 1. The van der Waals surface area contributed by atoms with Gasteiger partial charge in [0.05, 0.1) is 25.8 Å². The molecule has 0 spiro atoms. The molecular weight excluding hydrogens is 218 g/mol. The van der Waals surface area contributed by atoms with Gasteiger partial charge < -0.3 is 4.74 Å². The highest BCUT2D eigenvalue weighted by atomic mass is 16.5. The quantitative estimate of drug-likeness (QED) is 0.738. The zero-order valence-electron chi connectivity index (χ0n) is 9.54. The first-order chi connectivity index (χ1) is 8.28. The number of esters is 1. The maximum absolute atomic E-state index is 11.0. The van der Waals surface area contributed by atoms with E-state index in [9.17, 15) is 4.79 Å². The predicted molar refractivity (Wildman–Crippen MR) is 61.3 cm³/mol. The Morgan fingerprint density at radius 2 is 2.12 bits per heavy atom. The second-order valence-corrected chi connectivity index (χ2v) is 3.65. The van der Waals surface area contributed by atoms with E-state index in [1.807, 2.05) is 30.3 Å². The van der Waals surface area contributed by atoms with Crippen LogP contribution < -0.4 is 0 Å². The Morgan fingerprint density at radius 1 is 1.35 bits per heavy atom. The van der Waals surface area contributed by atoms with Gasteiger partial charge in [-0.15, -0.1) is 5.10 Å². The summed E-state index contributed by atoms with van der Waals surface area (Å²) in [5.74, 6) is -0.309. The van der Waals surface area contributed by atoms with Gasteiger partial charge in [-0.1, -0.05) is 35.5 Å². The molecule has 0 aliphatic carbocycles. The summed E-state index contributed by atoms with van der Waals surface area (Å²) < 4.78 is 6.27. The summed E-state index contributed by atoms with van der Waals surface area (Å²) in [4.78, 5) is 11.0. The Hall–Kier alpha value is -2.17. The molecule has 1 heterocycles. The van der Waals surface area contributed by atoms with E-state index in [2.05, 4.69) is 15.0 Å². The molecule has 17 heavy (non-hydrogen) atoms. The number of aromatic nitrogens is 3. The van der Waals surface area contributed by atoms with Gasteiger partial charge >= 0.3 is 5.97 Å². The molecule has 5 heteroatoms. The van der Waals surface area contributed by atoms with Gasteiger partial charge in [0.15, 0.2) is 0 Å². The smallest absolute Gasteiger partial charge is 0.311 e. The van der Waals surface area contributed by atoms with E-state index in [4.69, 9.17) is 0 Å². The molecule has 0 saturated heterocycles. The molecule has 0 amide bonds. The predicted octanol–water partition coefficient (Wildman–Crippen LogP) is 1.04. The van der Waals surface area contributed by atoms with Crippen LogP contribution in [0.15, 0.2) is 36.5 Å². The van der Waals surface area contributed by atoms with Crippen LogP contribution in [0.5, 0.6) is 0 Å². The van der Waals surface area contributed by atoms with E-state index < -0.39 is 0 Å². The van der Waals surface area contributed by atoms with E-state index in [1.165, 1.54) is 7.11 Å². The fourth-order valence-corrected chi connectivity index (χ4v) is 1.49. The molecule has 0 N–H and O–H groups in total. The topological polar surface area (TPSA) is 57.0 Å². The summed E-state index contributed by atoms with van der Waals surface area (Å²) in [6.45, 7) is 0.648. The van der Waals surface area contributed by atoms with Crippen molar-refractivity contribution in [2.45, 2.75) is 13.0 Å². The van der Waals surface area contributed by atoms with Crippen molar-refractivity contribution >= 4 is 5.97 Å². The molecule has 0 radical (unpaired) electrons. The minimum atomic E-state index is -0.309. The first kappa shape index (κ1) is 11.3. The average molecular weight is 231 g/mol. The summed E-state index contributed by atoms with van der Waals surface area (Å²) in [5.41, 5.74) is 1.76. The van der Waals surface area contributed by atoms with Crippen molar-refractivity contribution in [2.24, 2.45) is 0 Å². The summed E-state index contributed by atoms with van der Waals surface area (Å²) in [6.07, 6.45) is 1.91. The SMILES string of the molecule is COC(=O)Cc1cn(Cc2ccccc2)nn1. The molecule has 88 valence electrons. The van der Waals surface area contributed by atoms with Crippen LogP contribution in [-0.2, 0) is 22.5 Å². The van der Waals surface area contributed by atoms with Crippen LogP contribution in [0.25, 0.3) is 0 Å². The number of nitrogens with zero attached hydrogens (tertiary/aromatic N) is 3. The normalized spacial score (nSPS) is 10.2. The summed E-state index contributed by atoms with van der Waals surface area (Å²) >= 11 is 0. The Labute approximate surface area is 99.0 Å². The molecule has 1 aromatic carbocycles. The Morgan fingerprint density at radius 3 is 2.82 bits per heavy atom. The van der Waals surface area contributed by atoms with E-state index in [1.54, 1.807) is 10.9 Å². The van der Waals surface area contributed by atoms with Gasteiger partial charge in [0.1, 0.15) is 0 Å². The largest absolute Gasteiger partial charge is 0.469 e. The maximum Gasteiger partial charge on any atom is 0.311 e. The van der Waals surface area contributed by atoms with Gasteiger partial charge in [0.25, 0.3) is 0 Å². The lowest BCUT2D eigenvalue weighted by molar-refractivity contribution is -0.139. The van der Waals surface area contributed by atoms with E-state index in [-0.39, 0.29) is 12.4 Å². The number of ether oxygens (including phenoxy) is 1. The van der Waals surface area contributed by atoms with E-state index in [0.717, 1.165) is 5.56 Å². The lowest BCUT2D eigenvalue weighted by Crippen LogP contribution is -2.04. The highest BCUT2D eigenvalue weighted by Crippen LogP contribution is 2.02. The monoisotopic (exact) mass is 231 g/mol. The second kappa shape index (κ2) is 5.25. The molecule has 2 rings (SSSR count). The third-order valence-electron chi connectivity index (χ3n) is 2.33. The zero-order chi connectivity index (χ0) is 12.1. The molecule has 0 saturated carbocycles. The molecule has 0 fully saturated rings. The van der Waals surface area contributed by atoms with Crippen LogP contribution in [0.1, 0.15) is 11.3 Å². The molecule has 5 nitrogen and oxygen atoms in total. The van der Waals surface area contributed by atoms with Crippen molar-refractivity contribution in [1.29, 1.82) is 0 Å². The second-order valence-electron chi connectivity index (χ2n) is 3.65. The molecule has 0 aliphatic rings. The Kier molecular flexibility index (Phi) is 3.49. The van der Waals surface area contributed by atoms with E-state index in [0.29, 0.717) is 12.2 Å². The first-order valence-corrected chi connectivity index (χ1v) is 5.27. The van der Waals surface area contributed by atoms with Crippen molar-refractivity contribution in [3.8, 4) is 0 Å². The van der Waals surface area contributed by atoms with Crippen LogP contribution in [0, 0.1) is 0 Å². The Bertz CT molecular complexity index is 493. The third kappa shape index (κ3) is 3.14. The molecule has 2 aromatic rings. The summed E-state index contributed by atoms with van der Waals surface area (Å²) in [6, 6.07) is 9.94. The van der Waals surface area contributed by atoms with Crippen molar-refractivity contribution in [1.82, 2.24) is 15.0 Å². The Balaban J connectivity index is 2.01. The van der Waals surface area contributed by atoms with Crippen LogP contribution >= 0.6 is 0 Å². The first-order valence-electron chi connectivity index (χ1n) is 5.27. The molecule has 0 atom stereocenters. The zero-order valence-corrected chi connectivity index (χ0v) is 9.54. The highest BCUT2D eigenvalue weighted by molar-refractivity contribution is 5.71. The van der Waals surface area contributed by atoms with Gasteiger partial charge in [-0.05, 0) is 5.56 Å². The number of carbonyl (C=O) groups is 1. The molecule has 0 aliphatic heterocycles. The van der Waals surface area contributed by atoms with Crippen LogP contribution in [0.4, 0.5) is 0 Å². The maximum atomic E-state index is 11.0. The molecule has 0 bridgehead atoms. The number of rotatable bonds is 4. The molecular formula is C12H13N3O2. The minimum Gasteiger partial charge on any atom is -0.469 e. The summed E-state index contributed by atoms with van der Waals surface area (Å²) in [5, 5.41) is 7.87. The molecule has 0 unspecified atom stereocenters. The number of hydrogen-bond acceptors (Lipinski definition) is 4. The van der Waals surface area contributed by atoms with Gasteiger partial charge in [-0.25, -0.2) is 4.68 Å². The summed E-state index contributed by atoms with van der Waals surface area (Å²) in [7, 11) is 1.36. The fourth-order valence-electron chi connectivity index (χ4n) is 1.49. The van der Waals surface area contributed by atoms with Gasteiger partial charge in [-0.2, -0.15) is 0 Å². The van der Waals surface area contributed by atoms with Crippen LogP contribution in [0.3, 0.4) is 0 Å². The van der Waals surface area contributed by atoms with Crippen molar-refractivity contribution < 1.29 is 9.53 Å². The number of benzene rings is 1. The lowest BCUT2D eigenvalue weighted by atomic mass is 10.2. The lowest BCUT2D eigenvalue weighted by Gasteiger charge is -1.99. The standard InChI is InChI=1S/C12H13N3O2/c1-17-12(16)7-11-9-15(14-13-11)8-10-5-3-2-4-6-10/h2-6,9H,7-8H2,1H3. The highest BCUT2D eigenvalue weighted by Gasteiger charge is 2.07. The number of methoxy groups -OCH3 is 1. The fraction of sp³-hybridized carbons (Fsp3) is 0.250. The van der Waals surface area contributed by atoms with Crippen molar-refractivity contribution in [3.05, 3.63) is 47.8 Å². The van der Waals surface area contributed by atoms with Crippen LogP contribution in [0.2, 0.25) is 0 Å².